The molecule has 1 aromatic heterocycles. The van der Waals surface area contributed by atoms with Crippen molar-refractivity contribution in [3.05, 3.63) is 17.5 Å². The summed E-state index contributed by atoms with van der Waals surface area (Å²) in [6, 6.07) is 2.19. The molecular formula is C16H27ClN4O. The predicted octanol–water partition coefficient (Wildman–Crippen LogP) is 2.50. The molecule has 0 aromatic carbocycles. The van der Waals surface area contributed by atoms with Crippen LogP contribution in [-0.4, -0.2) is 39.7 Å². The van der Waals surface area contributed by atoms with Crippen LogP contribution in [0.2, 0.25) is 0 Å². The fourth-order valence-electron chi connectivity index (χ4n) is 3.20. The third kappa shape index (κ3) is 3.15. The maximum atomic E-state index is 12.7. The van der Waals surface area contributed by atoms with Crippen molar-refractivity contribution in [3.8, 4) is 0 Å². The van der Waals surface area contributed by atoms with Gasteiger partial charge in [0, 0.05) is 30.7 Å². The van der Waals surface area contributed by atoms with Gasteiger partial charge in [0.25, 0.3) is 5.91 Å². The van der Waals surface area contributed by atoms with Gasteiger partial charge in [-0.2, -0.15) is 5.10 Å². The van der Waals surface area contributed by atoms with Crippen LogP contribution in [0.1, 0.15) is 68.6 Å². The number of nitrogens with two attached hydrogens (primary N) is 1. The summed E-state index contributed by atoms with van der Waals surface area (Å²) >= 11 is 0. The van der Waals surface area contributed by atoms with Gasteiger partial charge in [0.05, 0.1) is 5.54 Å². The van der Waals surface area contributed by atoms with E-state index in [1.807, 2.05) is 15.6 Å². The highest BCUT2D eigenvalue weighted by atomic mass is 35.5. The van der Waals surface area contributed by atoms with E-state index >= 15 is 0 Å². The van der Waals surface area contributed by atoms with Crippen molar-refractivity contribution in [1.29, 1.82) is 0 Å². The van der Waals surface area contributed by atoms with Crippen LogP contribution in [0.3, 0.4) is 0 Å². The molecule has 1 amide bonds. The van der Waals surface area contributed by atoms with Gasteiger partial charge < -0.3 is 10.6 Å². The zero-order chi connectivity index (χ0) is 15.2. The van der Waals surface area contributed by atoms with E-state index in [9.17, 15) is 4.79 Å². The first-order valence-corrected chi connectivity index (χ1v) is 8.03. The van der Waals surface area contributed by atoms with E-state index in [0.717, 1.165) is 19.4 Å². The summed E-state index contributed by atoms with van der Waals surface area (Å²) < 4.78 is 2.05. The Morgan fingerprint density at radius 1 is 1.36 bits per heavy atom. The minimum absolute atomic E-state index is 0. The van der Waals surface area contributed by atoms with Gasteiger partial charge in [0.1, 0.15) is 0 Å². The van der Waals surface area contributed by atoms with Crippen LogP contribution in [0.4, 0.5) is 0 Å². The normalized spacial score (nSPS) is 21.8. The molecular weight excluding hydrogens is 300 g/mol. The summed E-state index contributed by atoms with van der Waals surface area (Å²) in [6.45, 7) is 7.76. The number of likely N-dealkylation sites (tertiary alicyclic amines) is 1. The van der Waals surface area contributed by atoms with E-state index in [-0.39, 0.29) is 29.9 Å². The van der Waals surface area contributed by atoms with E-state index < -0.39 is 0 Å². The number of amides is 1. The SMILES string of the molecule is CC(C)(C)n1nc(C(=O)N2CCCC2CN)cc1C1CC1.Cl. The van der Waals surface area contributed by atoms with E-state index in [1.165, 1.54) is 18.5 Å². The smallest absolute Gasteiger partial charge is 0.274 e. The van der Waals surface area contributed by atoms with Crippen molar-refractivity contribution in [2.24, 2.45) is 5.73 Å². The quantitative estimate of drug-likeness (QED) is 0.928. The number of carbonyl (C=O) groups is 1. The third-order valence-electron chi connectivity index (χ3n) is 4.50. The second kappa shape index (κ2) is 6.20. The standard InChI is InChI=1S/C16H26N4O.ClH/c1-16(2,3)20-14(11-6-7-11)9-13(18-20)15(21)19-8-4-5-12(19)10-17;/h9,11-12H,4-8,10,17H2,1-3H3;1H. The maximum absolute atomic E-state index is 12.7. The van der Waals surface area contributed by atoms with E-state index in [2.05, 4.69) is 25.9 Å². The highest BCUT2D eigenvalue weighted by molar-refractivity contribution is 5.93. The van der Waals surface area contributed by atoms with Gasteiger partial charge in [-0.15, -0.1) is 12.4 Å². The Hall–Kier alpha value is -1.07. The van der Waals surface area contributed by atoms with Crippen molar-refractivity contribution in [1.82, 2.24) is 14.7 Å². The Morgan fingerprint density at radius 2 is 2.05 bits per heavy atom. The van der Waals surface area contributed by atoms with Gasteiger partial charge in [0.2, 0.25) is 0 Å². The highest BCUT2D eigenvalue weighted by Crippen LogP contribution is 2.42. The first-order valence-electron chi connectivity index (χ1n) is 8.03. The summed E-state index contributed by atoms with van der Waals surface area (Å²) in [4.78, 5) is 14.7. The molecule has 0 bridgehead atoms. The zero-order valence-electron chi connectivity index (χ0n) is 13.7. The number of halogens is 1. The number of hydrogen-bond acceptors (Lipinski definition) is 3. The fraction of sp³-hybridized carbons (Fsp3) is 0.750. The Kier molecular flexibility index (Phi) is 4.87. The summed E-state index contributed by atoms with van der Waals surface area (Å²) in [5.41, 5.74) is 7.50. The molecule has 2 fully saturated rings. The zero-order valence-corrected chi connectivity index (χ0v) is 14.5. The molecule has 1 unspecified atom stereocenters. The molecule has 1 saturated carbocycles. The lowest BCUT2D eigenvalue weighted by Gasteiger charge is -2.23. The molecule has 5 nitrogen and oxygen atoms in total. The van der Waals surface area contributed by atoms with Crippen LogP contribution in [-0.2, 0) is 5.54 Å². The first-order chi connectivity index (χ1) is 9.91. The Labute approximate surface area is 138 Å². The second-order valence-corrected chi connectivity index (χ2v) is 7.34. The van der Waals surface area contributed by atoms with Crippen molar-refractivity contribution >= 4 is 18.3 Å². The number of nitrogens with zero attached hydrogens (tertiary/aromatic N) is 3. The lowest BCUT2D eigenvalue weighted by atomic mass is 10.1. The lowest BCUT2D eigenvalue weighted by Crippen LogP contribution is -2.40. The summed E-state index contributed by atoms with van der Waals surface area (Å²) in [6.07, 6.45) is 4.48. The van der Waals surface area contributed by atoms with Gasteiger partial charge >= 0.3 is 0 Å². The molecule has 2 heterocycles. The van der Waals surface area contributed by atoms with Crippen LogP contribution < -0.4 is 5.73 Å². The van der Waals surface area contributed by atoms with Gasteiger partial charge in [0.15, 0.2) is 5.69 Å². The molecule has 1 atom stereocenters. The van der Waals surface area contributed by atoms with E-state index in [1.54, 1.807) is 0 Å². The summed E-state index contributed by atoms with van der Waals surface area (Å²) in [5.74, 6) is 0.634. The van der Waals surface area contributed by atoms with Crippen LogP contribution in [0.5, 0.6) is 0 Å². The molecule has 2 aliphatic rings. The maximum Gasteiger partial charge on any atom is 0.274 e. The second-order valence-electron chi connectivity index (χ2n) is 7.34. The number of aromatic nitrogens is 2. The molecule has 0 spiro atoms. The van der Waals surface area contributed by atoms with Crippen molar-refractivity contribution in [2.75, 3.05) is 13.1 Å². The topological polar surface area (TPSA) is 64.2 Å². The summed E-state index contributed by atoms with van der Waals surface area (Å²) in [7, 11) is 0. The van der Waals surface area contributed by atoms with Gasteiger partial charge in [-0.05, 0) is 52.5 Å². The number of carbonyl (C=O) groups excluding carboxylic acids is 1. The van der Waals surface area contributed by atoms with Crippen molar-refractivity contribution in [2.45, 2.75) is 64.0 Å². The Balaban J connectivity index is 0.00000176. The third-order valence-corrected chi connectivity index (χ3v) is 4.50. The van der Waals surface area contributed by atoms with Crippen LogP contribution in [0.25, 0.3) is 0 Å². The average Bonchev–Trinajstić information content (AvgIpc) is 3.01. The minimum atomic E-state index is -0.0886. The number of rotatable bonds is 3. The van der Waals surface area contributed by atoms with E-state index in [0.29, 0.717) is 18.2 Å². The van der Waals surface area contributed by atoms with Crippen LogP contribution in [0, 0.1) is 0 Å². The van der Waals surface area contributed by atoms with Gasteiger partial charge in [-0.3, -0.25) is 9.48 Å². The minimum Gasteiger partial charge on any atom is -0.333 e. The molecule has 0 radical (unpaired) electrons. The Bertz CT molecular complexity index is 545. The predicted molar refractivity (Wildman–Crippen MR) is 89.6 cm³/mol. The van der Waals surface area contributed by atoms with Gasteiger partial charge in [-0.25, -0.2) is 0 Å². The monoisotopic (exact) mass is 326 g/mol. The molecule has 6 heteroatoms. The first kappa shape index (κ1) is 17.3. The fourth-order valence-corrected chi connectivity index (χ4v) is 3.20. The Morgan fingerprint density at radius 3 is 2.59 bits per heavy atom. The molecule has 1 saturated heterocycles. The molecule has 2 N–H and O–H groups in total. The van der Waals surface area contributed by atoms with E-state index in [4.69, 9.17) is 5.73 Å². The van der Waals surface area contributed by atoms with Gasteiger partial charge in [-0.1, -0.05) is 0 Å². The molecule has 1 aliphatic heterocycles. The number of hydrogen-bond donors (Lipinski definition) is 1. The van der Waals surface area contributed by atoms with Crippen molar-refractivity contribution < 1.29 is 4.79 Å². The molecule has 3 rings (SSSR count). The molecule has 1 aliphatic carbocycles. The highest BCUT2D eigenvalue weighted by Gasteiger charge is 2.35. The van der Waals surface area contributed by atoms with Crippen LogP contribution >= 0.6 is 12.4 Å². The summed E-state index contributed by atoms with van der Waals surface area (Å²) in [5, 5.41) is 4.64. The molecule has 1 aromatic rings. The molecule has 22 heavy (non-hydrogen) atoms. The van der Waals surface area contributed by atoms with Crippen LogP contribution in [0.15, 0.2) is 6.07 Å². The lowest BCUT2D eigenvalue weighted by molar-refractivity contribution is 0.0733. The average molecular weight is 327 g/mol. The molecule has 124 valence electrons. The van der Waals surface area contributed by atoms with Crippen molar-refractivity contribution in [3.63, 3.8) is 0 Å². The largest absolute Gasteiger partial charge is 0.333 e.